The molecule has 138 valence electrons. The van der Waals surface area contributed by atoms with Gasteiger partial charge in [-0.25, -0.2) is 9.97 Å². The van der Waals surface area contributed by atoms with Gasteiger partial charge in [0.25, 0.3) is 5.91 Å². The fourth-order valence-corrected chi connectivity index (χ4v) is 3.51. The Morgan fingerprint density at radius 2 is 1.96 bits per heavy atom. The van der Waals surface area contributed by atoms with Crippen molar-refractivity contribution in [2.24, 2.45) is 0 Å². The maximum absolute atomic E-state index is 12.7. The molecule has 2 aliphatic heterocycles. The molecule has 0 aliphatic carbocycles. The minimum absolute atomic E-state index is 0.0137. The van der Waals surface area contributed by atoms with Gasteiger partial charge in [0.15, 0.2) is 17.2 Å². The van der Waals surface area contributed by atoms with Gasteiger partial charge >= 0.3 is 0 Å². The summed E-state index contributed by atoms with van der Waals surface area (Å²) in [5, 5.41) is 11.4. The monoisotopic (exact) mass is 366 g/mol. The van der Waals surface area contributed by atoms with Crippen molar-refractivity contribution < 1.29 is 9.53 Å². The van der Waals surface area contributed by atoms with Crippen LogP contribution < -0.4 is 9.64 Å². The van der Waals surface area contributed by atoms with Crippen molar-refractivity contribution in [2.75, 3.05) is 31.1 Å². The summed E-state index contributed by atoms with van der Waals surface area (Å²) < 4.78 is 7.28. The van der Waals surface area contributed by atoms with E-state index in [1.165, 1.54) is 10.9 Å². The molecule has 0 N–H and O–H groups in total. The molecule has 0 aromatic carbocycles. The Bertz CT molecular complexity index is 998. The second-order valence-corrected chi connectivity index (χ2v) is 6.63. The number of amides is 1. The number of ether oxygens (including phenoxy) is 1. The zero-order valence-corrected chi connectivity index (χ0v) is 14.7. The predicted octanol–water partition coefficient (Wildman–Crippen LogP) is 1.07. The van der Waals surface area contributed by atoms with E-state index in [9.17, 15) is 4.79 Å². The lowest BCUT2D eigenvalue weighted by atomic mass is 10.1. The van der Waals surface area contributed by atoms with Crippen LogP contribution in [0.1, 0.15) is 29.6 Å². The molecular formula is C17H18N8O2. The van der Waals surface area contributed by atoms with E-state index in [0.717, 1.165) is 25.9 Å². The number of carbonyl (C=O) groups is 1. The molecule has 0 saturated carbocycles. The van der Waals surface area contributed by atoms with Gasteiger partial charge in [-0.3, -0.25) is 4.79 Å². The molecule has 1 amide bonds. The Morgan fingerprint density at radius 3 is 2.85 bits per heavy atom. The molecule has 0 bridgehead atoms. The smallest absolute Gasteiger partial charge is 0.255 e. The summed E-state index contributed by atoms with van der Waals surface area (Å²) in [5.74, 6) is 1.93. The first-order valence-electron chi connectivity index (χ1n) is 9.03. The first-order chi connectivity index (χ1) is 13.3. The van der Waals surface area contributed by atoms with Crippen molar-refractivity contribution in [3.8, 4) is 5.75 Å². The highest BCUT2D eigenvalue weighted by molar-refractivity contribution is 5.95. The molecule has 5 heterocycles. The van der Waals surface area contributed by atoms with Crippen LogP contribution in [0.15, 0.2) is 24.7 Å². The SMILES string of the molecule is O=C(c1cnc2c(c1)OCCN2c1cc2nnnn2cn1)N1CCCCC1. The van der Waals surface area contributed by atoms with Crippen LogP contribution in [0.5, 0.6) is 5.75 Å². The molecule has 0 spiro atoms. The third kappa shape index (κ3) is 2.82. The summed E-state index contributed by atoms with van der Waals surface area (Å²) in [6.45, 7) is 2.69. The summed E-state index contributed by atoms with van der Waals surface area (Å²) in [5.41, 5.74) is 1.16. The van der Waals surface area contributed by atoms with Crippen molar-refractivity contribution in [2.45, 2.75) is 19.3 Å². The summed E-state index contributed by atoms with van der Waals surface area (Å²) in [7, 11) is 0. The Balaban J connectivity index is 1.46. The number of rotatable bonds is 2. The number of nitrogens with zero attached hydrogens (tertiary/aromatic N) is 8. The lowest BCUT2D eigenvalue weighted by Gasteiger charge is -2.30. The molecule has 10 heteroatoms. The molecule has 0 unspecified atom stereocenters. The minimum atomic E-state index is 0.0137. The fraction of sp³-hybridized carbons (Fsp3) is 0.412. The van der Waals surface area contributed by atoms with Crippen LogP contribution in [0.25, 0.3) is 5.65 Å². The van der Waals surface area contributed by atoms with Gasteiger partial charge < -0.3 is 14.5 Å². The van der Waals surface area contributed by atoms with Crippen LogP contribution in [-0.4, -0.2) is 67.1 Å². The van der Waals surface area contributed by atoms with Gasteiger partial charge in [-0.05, 0) is 35.8 Å². The number of piperidine rings is 1. The number of hydrogen-bond donors (Lipinski definition) is 0. The molecule has 1 saturated heterocycles. The van der Waals surface area contributed by atoms with E-state index in [0.29, 0.717) is 41.7 Å². The van der Waals surface area contributed by atoms with Crippen LogP contribution in [0.4, 0.5) is 11.6 Å². The summed E-state index contributed by atoms with van der Waals surface area (Å²) >= 11 is 0. The average Bonchev–Trinajstić information content (AvgIpc) is 3.21. The van der Waals surface area contributed by atoms with E-state index in [2.05, 4.69) is 25.5 Å². The van der Waals surface area contributed by atoms with Crippen LogP contribution in [-0.2, 0) is 0 Å². The topological polar surface area (TPSA) is 102 Å². The predicted molar refractivity (Wildman–Crippen MR) is 95.1 cm³/mol. The summed E-state index contributed by atoms with van der Waals surface area (Å²) in [4.78, 5) is 25.5. The van der Waals surface area contributed by atoms with Gasteiger partial charge in [0.05, 0.1) is 12.1 Å². The quantitative estimate of drug-likeness (QED) is 0.664. The normalized spacial score (nSPS) is 16.9. The highest BCUT2D eigenvalue weighted by atomic mass is 16.5. The molecule has 2 aliphatic rings. The van der Waals surface area contributed by atoms with Gasteiger partial charge in [0.1, 0.15) is 18.8 Å². The van der Waals surface area contributed by atoms with Crippen LogP contribution in [0, 0.1) is 0 Å². The molecule has 0 atom stereocenters. The fourth-order valence-electron chi connectivity index (χ4n) is 3.51. The maximum atomic E-state index is 12.7. The maximum Gasteiger partial charge on any atom is 0.255 e. The van der Waals surface area contributed by atoms with Crippen molar-refractivity contribution in [3.05, 3.63) is 30.2 Å². The molecule has 0 radical (unpaired) electrons. The van der Waals surface area contributed by atoms with Gasteiger partial charge in [0.2, 0.25) is 0 Å². The van der Waals surface area contributed by atoms with Crippen LogP contribution in [0.3, 0.4) is 0 Å². The Kier molecular flexibility index (Phi) is 3.80. The summed E-state index contributed by atoms with van der Waals surface area (Å²) in [6.07, 6.45) is 6.48. The third-order valence-corrected chi connectivity index (χ3v) is 4.90. The molecule has 3 aromatic heterocycles. The lowest BCUT2D eigenvalue weighted by molar-refractivity contribution is 0.0723. The first-order valence-corrected chi connectivity index (χ1v) is 9.03. The van der Waals surface area contributed by atoms with Gasteiger partial charge in [-0.2, -0.15) is 4.52 Å². The van der Waals surface area contributed by atoms with E-state index in [1.54, 1.807) is 24.7 Å². The van der Waals surface area contributed by atoms with E-state index >= 15 is 0 Å². The number of fused-ring (bicyclic) bond motifs is 2. The molecule has 10 nitrogen and oxygen atoms in total. The zero-order valence-electron chi connectivity index (χ0n) is 14.7. The van der Waals surface area contributed by atoms with Gasteiger partial charge in [0, 0.05) is 25.4 Å². The highest BCUT2D eigenvalue weighted by Gasteiger charge is 2.26. The number of tetrazole rings is 1. The van der Waals surface area contributed by atoms with E-state index in [-0.39, 0.29) is 5.91 Å². The molecule has 5 rings (SSSR count). The highest BCUT2D eigenvalue weighted by Crippen LogP contribution is 2.34. The number of carbonyl (C=O) groups excluding carboxylic acids is 1. The van der Waals surface area contributed by atoms with Gasteiger partial charge in [-0.15, -0.1) is 5.10 Å². The van der Waals surface area contributed by atoms with Crippen LogP contribution >= 0.6 is 0 Å². The number of anilines is 2. The Morgan fingerprint density at radius 1 is 1.07 bits per heavy atom. The lowest BCUT2D eigenvalue weighted by Crippen LogP contribution is -2.36. The molecule has 27 heavy (non-hydrogen) atoms. The molecular weight excluding hydrogens is 348 g/mol. The second kappa shape index (κ2) is 6.45. The number of pyridine rings is 1. The standard InChI is InChI=1S/C17H18N8O2/c26-17(23-4-2-1-3-5-23)12-8-13-16(18-10-12)24(6-7-27-13)14-9-15-20-21-22-25(15)11-19-14/h8-11H,1-7H2. The van der Waals surface area contributed by atoms with E-state index < -0.39 is 0 Å². The third-order valence-electron chi connectivity index (χ3n) is 4.90. The van der Waals surface area contributed by atoms with Crippen molar-refractivity contribution in [1.82, 2.24) is 34.9 Å². The summed E-state index contributed by atoms with van der Waals surface area (Å²) in [6, 6.07) is 3.58. The average molecular weight is 366 g/mol. The minimum Gasteiger partial charge on any atom is -0.488 e. The Hall–Kier alpha value is -3.30. The number of likely N-dealkylation sites (tertiary alicyclic amines) is 1. The first kappa shape index (κ1) is 15.9. The largest absolute Gasteiger partial charge is 0.488 e. The molecule has 3 aromatic rings. The van der Waals surface area contributed by atoms with Crippen molar-refractivity contribution in [1.29, 1.82) is 0 Å². The van der Waals surface area contributed by atoms with Gasteiger partial charge in [-0.1, -0.05) is 0 Å². The van der Waals surface area contributed by atoms with Crippen LogP contribution in [0.2, 0.25) is 0 Å². The zero-order chi connectivity index (χ0) is 18.2. The number of hydrogen-bond acceptors (Lipinski definition) is 8. The molecule has 1 fully saturated rings. The van der Waals surface area contributed by atoms with E-state index in [4.69, 9.17) is 4.74 Å². The number of aromatic nitrogens is 6. The Labute approximate surface area is 154 Å². The second-order valence-electron chi connectivity index (χ2n) is 6.63. The van der Waals surface area contributed by atoms with E-state index in [1.807, 2.05) is 9.80 Å². The van der Waals surface area contributed by atoms with Crippen molar-refractivity contribution >= 4 is 23.2 Å². The van der Waals surface area contributed by atoms with Crippen molar-refractivity contribution in [3.63, 3.8) is 0 Å².